The molecule has 0 radical (unpaired) electrons. The number of carbonyl (C=O) groups is 1. The number of aromatic nitrogens is 1. The molecule has 4 rings (SSSR count). The molecule has 2 fully saturated rings. The quantitative estimate of drug-likeness (QED) is 0.895. The van der Waals surface area contributed by atoms with Gasteiger partial charge in [-0.1, -0.05) is 25.1 Å². The van der Waals surface area contributed by atoms with Gasteiger partial charge in [-0.3, -0.25) is 14.5 Å². The molecule has 132 valence electrons. The summed E-state index contributed by atoms with van der Waals surface area (Å²) in [5, 5.41) is 0.801. The Hall–Kier alpha value is -2.18. The summed E-state index contributed by atoms with van der Waals surface area (Å²) in [5.74, 6) is 0.361. The van der Waals surface area contributed by atoms with E-state index in [-0.39, 0.29) is 11.5 Å². The lowest BCUT2D eigenvalue weighted by Crippen LogP contribution is -2.47. The van der Waals surface area contributed by atoms with E-state index in [0.717, 1.165) is 38.2 Å². The minimum absolute atomic E-state index is 0.0510. The molecule has 2 aromatic rings. The van der Waals surface area contributed by atoms with Gasteiger partial charge < -0.3 is 14.6 Å². The molecule has 3 heterocycles. The number of fused-ring (bicyclic) bond motifs is 1. The number of aromatic amines is 1. The van der Waals surface area contributed by atoms with Crippen LogP contribution in [0.1, 0.15) is 17.3 Å². The van der Waals surface area contributed by atoms with Gasteiger partial charge in [0.25, 0.3) is 5.91 Å². The third-order valence-corrected chi connectivity index (χ3v) is 5.36. The Bertz CT molecular complexity index is 841. The van der Waals surface area contributed by atoms with E-state index in [4.69, 9.17) is 4.74 Å². The molecule has 2 aliphatic heterocycles. The summed E-state index contributed by atoms with van der Waals surface area (Å²) in [4.78, 5) is 32.2. The van der Waals surface area contributed by atoms with Crippen LogP contribution in [0.25, 0.3) is 10.9 Å². The van der Waals surface area contributed by atoms with Crippen molar-refractivity contribution in [2.45, 2.75) is 13.0 Å². The van der Waals surface area contributed by atoms with Gasteiger partial charge in [0, 0.05) is 49.2 Å². The zero-order valence-corrected chi connectivity index (χ0v) is 14.4. The highest BCUT2D eigenvalue weighted by atomic mass is 16.5. The van der Waals surface area contributed by atoms with E-state index in [9.17, 15) is 9.59 Å². The number of amides is 1. The van der Waals surface area contributed by atoms with Gasteiger partial charge in [0.05, 0.1) is 18.8 Å². The van der Waals surface area contributed by atoms with Crippen LogP contribution in [0.3, 0.4) is 0 Å². The Morgan fingerprint density at radius 3 is 2.76 bits per heavy atom. The molecule has 25 heavy (non-hydrogen) atoms. The zero-order valence-electron chi connectivity index (χ0n) is 14.4. The predicted octanol–water partition coefficient (Wildman–Crippen LogP) is 1.32. The molecule has 6 nitrogen and oxygen atoms in total. The number of likely N-dealkylation sites (tertiary alicyclic amines) is 1. The van der Waals surface area contributed by atoms with Crippen molar-refractivity contribution >= 4 is 16.8 Å². The maximum atomic E-state index is 13.1. The number of benzene rings is 1. The molecule has 2 aliphatic rings. The molecular weight excluding hydrogens is 318 g/mol. The summed E-state index contributed by atoms with van der Waals surface area (Å²) in [6.07, 6.45) is 0. The molecule has 0 bridgehead atoms. The first kappa shape index (κ1) is 16.3. The van der Waals surface area contributed by atoms with Crippen LogP contribution >= 0.6 is 0 Å². The molecular formula is C19H23N3O3. The number of para-hydroxylation sites is 1. The van der Waals surface area contributed by atoms with Crippen molar-refractivity contribution in [2.24, 2.45) is 5.92 Å². The summed E-state index contributed by atoms with van der Waals surface area (Å²) < 4.78 is 5.44. The van der Waals surface area contributed by atoms with Crippen molar-refractivity contribution in [3.05, 3.63) is 46.2 Å². The van der Waals surface area contributed by atoms with E-state index < -0.39 is 0 Å². The van der Waals surface area contributed by atoms with Crippen LogP contribution in [0.2, 0.25) is 0 Å². The Balaban J connectivity index is 1.61. The monoisotopic (exact) mass is 341 g/mol. The second kappa shape index (κ2) is 6.61. The van der Waals surface area contributed by atoms with Crippen LogP contribution in [0.5, 0.6) is 0 Å². The van der Waals surface area contributed by atoms with Crippen molar-refractivity contribution in [1.29, 1.82) is 0 Å². The van der Waals surface area contributed by atoms with Gasteiger partial charge >= 0.3 is 0 Å². The fourth-order valence-electron chi connectivity index (χ4n) is 4.05. The summed E-state index contributed by atoms with van der Waals surface area (Å²) in [5.41, 5.74) is 0.962. The van der Waals surface area contributed by atoms with Gasteiger partial charge in [0.15, 0.2) is 0 Å². The van der Waals surface area contributed by atoms with Crippen LogP contribution in [0.15, 0.2) is 35.1 Å². The van der Waals surface area contributed by atoms with Crippen molar-refractivity contribution in [2.75, 3.05) is 39.4 Å². The average Bonchev–Trinajstić information content (AvgIpc) is 3.03. The van der Waals surface area contributed by atoms with Gasteiger partial charge in [0.1, 0.15) is 0 Å². The van der Waals surface area contributed by atoms with E-state index in [0.29, 0.717) is 29.6 Å². The number of pyridine rings is 1. The molecule has 1 amide bonds. The van der Waals surface area contributed by atoms with Gasteiger partial charge in [-0.05, 0) is 12.0 Å². The molecule has 1 aromatic heterocycles. The third kappa shape index (κ3) is 3.07. The summed E-state index contributed by atoms with van der Waals surface area (Å²) >= 11 is 0. The van der Waals surface area contributed by atoms with E-state index in [1.165, 1.54) is 6.07 Å². The number of nitrogens with one attached hydrogen (secondary N) is 1. The normalized spacial score (nSPS) is 24.8. The van der Waals surface area contributed by atoms with E-state index in [2.05, 4.69) is 16.8 Å². The molecule has 2 atom stereocenters. The number of hydrogen-bond acceptors (Lipinski definition) is 4. The SMILES string of the molecule is C[C@@H]1CN(C(=O)c2cc(=O)[nH]c3ccccc23)C[C@H]1N1CCOCC1. The Kier molecular flexibility index (Phi) is 4.31. The van der Waals surface area contributed by atoms with Crippen molar-refractivity contribution in [3.63, 3.8) is 0 Å². The number of hydrogen-bond donors (Lipinski definition) is 1. The van der Waals surface area contributed by atoms with E-state index in [1.807, 2.05) is 29.2 Å². The number of ether oxygens (including phenoxy) is 1. The van der Waals surface area contributed by atoms with E-state index >= 15 is 0 Å². The van der Waals surface area contributed by atoms with Gasteiger partial charge in [-0.2, -0.15) is 0 Å². The van der Waals surface area contributed by atoms with Gasteiger partial charge in [0.2, 0.25) is 5.56 Å². The van der Waals surface area contributed by atoms with Crippen molar-refractivity contribution in [1.82, 2.24) is 14.8 Å². The fraction of sp³-hybridized carbons (Fsp3) is 0.474. The molecule has 1 N–H and O–H groups in total. The topological polar surface area (TPSA) is 65.6 Å². The summed E-state index contributed by atoms with van der Waals surface area (Å²) in [7, 11) is 0. The van der Waals surface area contributed by atoms with Crippen molar-refractivity contribution in [3.8, 4) is 0 Å². The minimum atomic E-state index is -0.237. The second-order valence-electron chi connectivity index (χ2n) is 7.00. The van der Waals surface area contributed by atoms with Crippen LogP contribution in [0.4, 0.5) is 0 Å². The smallest absolute Gasteiger partial charge is 0.254 e. The lowest BCUT2D eigenvalue weighted by molar-refractivity contribution is 0.0119. The van der Waals surface area contributed by atoms with Crippen LogP contribution < -0.4 is 5.56 Å². The lowest BCUT2D eigenvalue weighted by atomic mass is 10.0. The average molecular weight is 341 g/mol. The molecule has 0 spiro atoms. The first-order valence-corrected chi connectivity index (χ1v) is 8.86. The highest BCUT2D eigenvalue weighted by molar-refractivity contribution is 6.06. The first-order valence-electron chi connectivity index (χ1n) is 8.86. The largest absolute Gasteiger partial charge is 0.379 e. The number of carbonyl (C=O) groups excluding carboxylic acids is 1. The number of morpholine rings is 1. The number of rotatable bonds is 2. The lowest BCUT2D eigenvalue weighted by Gasteiger charge is -2.34. The Labute approximate surface area is 146 Å². The molecule has 2 saturated heterocycles. The van der Waals surface area contributed by atoms with Crippen LogP contribution in [0, 0.1) is 5.92 Å². The molecule has 1 aromatic carbocycles. The molecule has 6 heteroatoms. The third-order valence-electron chi connectivity index (χ3n) is 5.36. The highest BCUT2D eigenvalue weighted by Crippen LogP contribution is 2.25. The Morgan fingerprint density at radius 2 is 1.96 bits per heavy atom. The minimum Gasteiger partial charge on any atom is -0.379 e. The highest BCUT2D eigenvalue weighted by Gasteiger charge is 2.37. The first-order chi connectivity index (χ1) is 12.1. The maximum Gasteiger partial charge on any atom is 0.254 e. The zero-order chi connectivity index (χ0) is 17.4. The van der Waals surface area contributed by atoms with Gasteiger partial charge in [-0.15, -0.1) is 0 Å². The maximum absolute atomic E-state index is 13.1. The second-order valence-corrected chi connectivity index (χ2v) is 7.00. The number of nitrogens with zero attached hydrogens (tertiary/aromatic N) is 2. The van der Waals surface area contributed by atoms with Crippen molar-refractivity contribution < 1.29 is 9.53 Å². The van der Waals surface area contributed by atoms with Crippen LogP contribution in [-0.4, -0.2) is 66.1 Å². The molecule has 0 saturated carbocycles. The summed E-state index contributed by atoms with van der Waals surface area (Å²) in [6, 6.07) is 9.26. The van der Waals surface area contributed by atoms with Crippen LogP contribution in [-0.2, 0) is 4.74 Å². The van der Waals surface area contributed by atoms with Gasteiger partial charge in [-0.25, -0.2) is 0 Å². The number of H-pyrrole nitrogens is 1. The summed E-state index contributed by atoms with van der Waals surface area (Å²) in [6.45, 7) is 6.99. The molecule has 0 aliphatic carbocycles. The standard InChI is InChI=1S/C19H23N3O3/c1-13-11-22(12-17(13)21-6-8-25-9-7-21)19(24)15-10-18(23)20-16-5-3-2-4-14(15)16/h2-5,10,13,17H,6-9,11-12H2,1H3,(H,20,23)/t13-,17-/m1/s1. The molecule has 0 unspecified atom stereocenters. The predicted molar refractivity (Wildman–Crippen MR) is 95.8 cm³/mol. The fourth-order valence-corrected chi connectivity index (χ4v) is 4.05. The Morgan fingerprint density at radius 1 is 1.20 bits per heavy atom. The van der Waals surface area contributed by atoms with E-state index in [1.54, 1.807) is 0 Å².